The molecule has 8 heteroatoms. The Hall–Kier alpha value is -1.80. The molecule has 2 rings (SSSR count). The standard InChI is InChI=1S/C10H10FN3O3S/c1-18(15,16)6-2-3-7(8(11)4-6)10-13-9(5-12)17-14-10/h2-4H,5,12H2,1H3. The van der Waals surface area contributed by atoms with E-state index in [9.17, 15) is 12.8 Å². The highest BCUT2D eigenvalue weighted by Crippen LogP contribution is 2.22. The monoisotopic (exact) mass is 271 g/mol. The quantitative estimate of drug-likeness (QED) is 0.883. The largest absolute Gasteiger partial charge is 0.338 e. The number of benzene rings is 1. The molecule has 0 saturated heterocycles. The third kappa shape index (κ3) is 2.39. The summed E-state index contributed by atoms with van der Waals surface area (Å²) >= 11 is 0. The van der Waals surface area contributed by atoms with Crippen LogP contribution in [0.1, 0.15) is 5.89 Å². The number of nitrogens with zero attached hydrogens (tertiary/aromatic N) is 2. The highest BCUT2D eigenvalue weighted by Gasteiger charge is 2.15. The highest BCUT2D eigenvalue weighted by atomic mass is 32.2. The summed E-state index contributed by atoms with van der Waals surface area (Å²) in [5.74, 6) is -0.521. The lowest BCUT2D eigenvalue weighted by molar-refractivity contribution is 0.380. The summed E-state index contributed by atoms with van der Waals surface area (Å²) in [6, 6.07) is 3.49. The molecule has 96 valence electrons. The summed E-state index contributed by atoms with van der Waals surface area (Å²) in [6.07, 6.45) is 1.00. The van der Waals surface area contributed by atoms with Crippen LogP contribution in [0.2, 0.25) is 0 Å². The first-order chi connectivity index (χ1) is 8.41. The summed E-state index contributed by atoms with van der Waals surface area (Å²) in [4.78, 5) is 3.75. The molecule has 0 spiro atoms. The number of halogens is 1. The molecule has 18 heavy (non-hydrogen) atoms. The Kier molecular flexibility index (Phi) is 3.14. The lowest BCUT2D eigenvalue weighted by Gasteiger charge is -2.01. The smallest absolute Gasteiger partial charge is 0.240 e. The number of rotatable bonds is 3. The van der Waals surface area contributed by atoms with Crippen molar-refractivity contribution in [2.75, 3.05) is 6.26 Å². The van der Waals surface area contributed by atoms with Gasteiger partial charge in [0.05, 0.1) is 17.0 Å². The van der Waals surface area contributed by atoms with E-state index < -0.39 is 15.7 Å². The van der Waals surface area contributed by atoms with E-state index in [0.29, 0.717) is 0 Å². The summed E-state index contributed by atoms with van der Waals surface area (Å²) in [5, 5.41) is 3.55. The molecular weight excluding hydrogens is 261 g/mol. The number of hydrogen-bond donors (Lipinski definition) is 1. The van der Waals surface area contributed by atoms with Crippen LogP contribution < -0.4 is 5.73 Å². The van der Waals surface area contributed by atoms with Gasteiger partial charge in [0.2, 0.25) is 11.7 Å². The van der Waals surface area contributed by atoms with Crippen molar-refractivity contribution in [3.05, 3.63) is 29.9 Å². The average Bonchev–Trinajstić information content (AvgIpc) is 2.76. The number of nitrogens with two attached hydrogens (primary N) is 1. The van der Waals surface area contributed by atoms with Crippen molar-refractivity contribution in [3.8, 4) is 11.4 Å². The molecule has 0 radical (unpaired) electrons. The molecular formula is C10H10FN3O3S. The predicted molar refractivity (Wildman–Crippen MR) is 60.7 cm³/mol. The van der Waals surface area contributed by atoms with Crippen LogP contribution in [0.5, 0.6) is 0 Å². The van der Waals surface area contributed by atoms with Crippen LogP contribution in [0, 0.1) is 5.82 Å². The van der Waals surface area contributed by atoms with Gasteiger partial charge in [-0.25, -0.2) is 12.8 Å². The second kappa shape index (κ2) is 4.46. The van der Waals surface area contributed by atoms with Crippen LogP contribution in [0.15, 0.2) is 27.6 Å². The molecule has 2 aromatic rings. The maximum absolute atomic E-state index is 13.8. The number of hydrogen-bond acceptors (Lipinski definition) is 6. The van der Waals surface area contributed by atoms with Gasteiger partial charge in [0.15, 0.2) is 9.84 Å². The van der Waals surface area contributed by atoms with E-state index in [1.165, 1.54) is 12.1 Å². The van der Waals surface area contributed by atoms with Gasteiger partial charge in [-0.2, -0.15) is 4.98 Å². The third-order valence-electron chi connectivity index (χ3n) is 2.25. The minimum atomic E-state index is -3.45. The SMILES string of the molecule is CS(=O)(=O)c1ccc(-c2noc(CN)n2)c(F)c1. The Labute approximate surface area is 103 Å². The molecule has 0 aliphatic carbocycles. The Balaban J connectivity index is 2.47. The first-order valence-corrected chi connectivity index (χ1v) is 6.83. The van der Waals surface area contributed by atoms with Crippen molar-refractivity contribution in [3.63, 3.8) is 0 Å². The molecule has 1 heterocycles. The molecule has 0 fully saturated rings. The third-order valence-corrected chi connectivity index (χ3v) is 3.36. The minimum Gasteiger partial charge on any atom is -0.338 e. The van der Waals surface area contributed by atoms with Crippen molar-refractivity contribution in [2.45, 2.75) is 11.4 Å². The van der Waals surface area contributed by atoms with E-state index in [0.717, 1.165) is 12.3 Å². The van der Waals surface area contributed by atoms with Gasteiger partial charge in [-0.3, -0.25) is 0 Å². The maximum Gasteiger partial charge on any atom is 0.240 e. The topological polar surface area (TPSA) is 99.1 Å². The van der Waals surface area contributed by atoms with Gasteiger partial charge in [-0.15, -0.1) is 0 Å². The van der Waals surface area contributed by atoms with Gasteiger partial charge >= 0.3 is 0 Å². The Morgan fingerprint density at radius 3 is 2.67 bits per heavy atom. The van der Waals surface area contributed by atoms with Crippen LogP contribution in [-0.4, -0.2) is 24.8 Å². The summed E-state index contributed by atoms with van der Waals surface area (Å²) < 4.78 is 41.0. The van der Waals surface area contributed by atoms with Gasteiger partial charge in [-0.1, -0.05) is 5.16 Å². The summed E-state index contributed by atoms with van der Waals surface area (Å²) in [7, 11) is -3.45. The van der Waals surface area contributed by atoms with Gasteiger partial charge in [-0.05, 0) is 18.2 Å². The van der Waals surface area contributed by atoms with Crippen LogP contribution in [-0.2, 0) is 16.4 Å². The molecule has 0 saturated carbocycles. The Morgan fingerprint density at radius 2 is 2.17 bits per heavy atom. The van der Waals surface area contributed by atoms with Crippen LogP contribution in [0.25, 0.3) is 11.4 Å². The molecule has 0 amide bonds. The lowest BCUT2D eigenvalue weighted by atomic mass is 10.2. The molecule has 0 aliphatic rings. The summed E-state index contributed by atoms with van der Waals surface area (Å²) in [5.41, 5.74) is 5.35. The zero-order chi connectivity index (χ0) is 13.3. The first-order valence-electron chi connectivity index (χ1n) is 4.94. The van der Waals surface area contributed by atoms with Crippen molar-refractivity contribution in [1.82, 2.24) is 10.1 Å². The van der Waals surface area contributed by atoms with Gasteiger partial charge in [0.1, 0.15) is 5.82 Å². The van der Waals surface area contributed by atoms with Crippen LogP contribution in [0.4, 0.5) is 4.39 Å². The normalized spacial score (nSPS) is 11.7. The first kappa shape index (κ1) is 12.7. The second-order valence-electron chi connectivity index (χ2n) is 3.63. The maximum atomic E-state index is 13.8. The highest BCUT2D eigenvalue weighted by molar-refractivity contribution is 7.90. The summed E-state index contributed by atoms with van der Waals surface area (Å²) in [6.45, 7) is 0.0516. The second-order valence-corrected chi connectivity index (χ2v) is 5.65. The van der Waals surface area contributed by atoms with Crippen molar-refractivity contribution < 1.29 is 17.3 Å². The molecule has 1 aromatic carbocycles. The minimum absolute atomic E-state index is 0.0352. The molecule has 2 N–H and O–H groups in total. The average molecular weight is 271 g/mol. The van der Waals surface area contributed by atoms with Gasteiger partial charge in [0, 0.05) is 6.26 Å². The predicted octanol–water partition coefficient (Wildman–Crippen LogP) is 0.738. The van der Waals surface area contributed by atoms with Crippen molar-refractivity contribution >= 4 is 9.84 Å². The fourth-order valence-electron chi connectivity index (χ4n) is 1.35. The molecule has 1 aromatic heterocycles. The fraction of sp³-hybridized carbons (Fsp3) is 0.200. The lowest BCUT2D eigenvalue weighted by Crippen LogP contribution is -1.99. The van der Waals surface area contributed by atoms with E-state index in [4.69, 9.17) is 10.3 Å². The molecule has 6 nitrogen and oxygen atoms in total. The van der Waals surface area contributed by atoms with E-state index in [-0.39, 0.29) is 28.7 Å². The number of aromatic nitrogens is 2. The molecule has 0 atom stereocenters. The van der Waals surface area contributed by atoms with Crippen LogP contribution in [0.3, 0.4) is 0 Å². The van der Waals surface area contributed by atoms with Gasteiger partial charge < -0.3 is 10.3 Å². The van der Waals surface area contributed by atoms with Gasteiger partial charge in [0.25, 0.3) is 0 Å². The zero-order valence-electron chi connectivity index (χ0n) is 9.42. The molecule has 0 aliphatic heterocycles. The van der Waals surface area contributed by atoms with E-state index in [1.807, 2.05) is 0 Å². The van der Waals surface area contributed by atoms with Crippen molar-refractivity contribution in [2.24, 2.45) is 5.73 Å². The number of sulfone groups is 1. The zero-order valence-corrected chi connectivity index (χ0v) is 10.2. The fourth-order valence-corrected chi connectivity index (χ4v) is 1.99. The Bertz CT molecular complexity index is 681. The van der Waals surface area contributed by atoms with E-state index in [2.05, 4.69) is 10.1 Å². The van der Waals surface area contributed by atoms with E-state index >= 15 is 0 Å². The Morgan fingerprint density at radius 1 is 1.44 bits per heavy atom. The molecule has 0 bridgehead atoms. The van der Waals surface area contributed by atoms with Crippen LogP contribution >= 0.6 is 0 Å². The van der Waals surface area contributed by atoms with E-state index in [1.54, 1.807) is 0 Å². The van der Waals surface area contributed by atoms with Crippen molar-refractivity contribution in [1.29, 1.82) is 0 Å². The molecule has 0 unspecified atom stereocenters.